The molecule has 0 saturated carbocycles. The van der Waals surface area contributed by atoms with Crippen molar-refractivity contribution in [2.24, 2.45) is 5.73 Å². The average Bonchev–Trinajstić information content (AvgIpc) is 2.82. The van der Waals surface area contributed by atoms with Crippen molar-refractivity contribution in [2.75, 3.05) is 0 Å². The standard InChI is InChI=1S/C16H14F2N2/c17-14-6-3-5-12(16(14)18)10-20-13(9-19)8-11-4-1-2-7-15(11)20/h1-8H,9-10,19H2. The molecule has 0 aliphatic rings. The molecular weight excluding hydrogens is 258 g/mol. The smallest absolute Gasteiger partial charge is 0.163 e. The Bertz CT molecular complexity index is 762. The maximum absolute atomic E-state index is 13.8. The minimum absolute atomic E-state index is 0.268. The average molecular weight is 272 g/mol. The highest BCUT2D eigenvalue weighted by Gasteiger charge is 2.12. The Morgan fingerprint density at radius 3 is 2.60 bits per heavy atom. The molecule has 0 atom stereocenters. The summed E-state index contributed by atoms with van der Waals surface area (Å²) >= 11 is 0. The van der Waals surface area contributed by atoms with Crippen molar-refractivity contribution < 1.29 is 8.78 Å². The minimum Gasteiger partial charge on any atom is -0.339 e. The molecule has 2 N–H and O–H groups in total. The molecule has 3 aromatic rings. The van der Waals surface area contributed by atoms with Gasteiger partial charge in [0.25, 0.3) is 0 Å². The van der Waals surface area contributed by atoms with Gasteiger partial charge in [0.2, 0.25) is 0 Å². The van der Waals surface area contributed by atoms with Crippen molar-refractivity contribution in [3.05, 3.63) is 71.4 Å². The summed E-state index contributed by atoms with van der Waals surface area (Å²) < 4.78 is 29.0. The van der Waals surface area contributed by atoms with E-state index in [1.54, 1.807) is 6.07 Å². The highest BCUT2D eigenvalue weighted by atomic mass is 19.2. The highest BCUT2D eigenvalue weighted by Crippen LogP contribution is 2.22. The van der Waals surface area contributed by atoms with Crippen molar-refractivity contribution in [1.29, 1.82) is 0 Å². The van der Waals surface area contributed by atoms with Crippen LogP contribution in [0.2, 0.25) is 0 Å². The summed E-state index contributed by atoms with van der Waals surface area (Å²) in [7, 11) is 0. The van der Waals surface area contributed by atoms with Crippen LogP contribution in [0.1, 0.15) is 11.3 Å². The molecule has 2 aromatic carbocycles. The first-order valence-electron chi connectivity index (χ1n) is 6.41. The molecule has 102 valence electrons. The van der Waals surface area contributed by atoms with Gasteiger partial charge in [-0.3, -0.25) is 0 Å². The van der Waals surface area contributed by atoms with Crippen molar-refractivity contribution in [1.82, 2.24) is 4.57 Å². The summed E-state index contributed by atoms with van der Waals surface area (Å²) in [6.45, 7) is 0.620. The van der Waals surface area contributed by atoms with Crippen LogP contribution < -0.4 is 5.73 Å². The first kappa shape index (κ1) is 12.8. The second kappa shape index (κ2) is 5.06. The monoisotopic (exact) mass is 272 g/mol. The van der Waals surface area contributed by atoms with Crippen LogP contribution in [0.5, 0.6) is 0 Å². The molecule has 1 aromatic heterocycles. The molecule has 0 radical (unpaired) electrons. The largest absolute Gasteiger partial charge is 0.339 e. The van der Waals surface area contributed by atoms with Crippen LogP contribution in [0, 0.1) is 11.6 Å². The van der Waals surface area contributed by atoms with Crippen LogP contribution in [-0.4, -0.2) is 4.57 Å². The molecule has 0 aliphatic carbocycles. The second-order valence-electron chi connectivity index (χ2n) is 4.70. The summed E-state index contributed by atoms with van der Waals surface area (Å²) in [5.74, 6) is -1.62. The number of para-hydroxylation sites is 1. The Morgan fingerprint density at radius 1 is 1.00 bits per heavy atom. The van der Waals surface area contributed by atoms with E-state index in [1.165, 1.54) is 6.07 Å². The molecule has 0 saturated heterocycles. The number of nitrogens with two attached hydrogens (primary N) is 1. The van der Waals surface area contributed by atoms with E-state index in [4.69, 9.17) is 5.73 Å². The fraction of sp³-hybridized carbons (Fsp3) is 0.125. The molecule has 4 heteroatoms. The van der Waals surface area contributed by atoms with Gasteiger partial charge in [-0.2, -0.15) is 0 Å². The zero-order valence-electron chi connectivity index (χ0n) is 10.8. The Kier molecular flexibility index (Phi) is 3.24. The fourth-order valence-corrected chi connectivity index (χ4v) is 2.46. The van der Waals surface area contributed by atoms with Gasteiger partial charge >= 0.3 is 0 Å². The third kappa shape index (κ3) is 2.08. The number of benzene rings is 2. The van der Waals surface area contributed by atoms with E-state index in [9.17, 15) is 8.78 Å². The van der Waals surface area contributed by atoms with Gasteiger partial charge in [-0.15, -0.1) is 0 Å². The second-order valence-corrected chi connectivity index (χ2v) is 4.70. The van der Waals surface area contributed by atoms with Gasteiger partial charge in [0.1, 0.15) is 0 Å². The number of nitrogens with zero attached hydrogens (tertiary/aromatic N) is 1. The van der Waals surface area contributed by atoms with Crippen molar-refractivity contribution in [3.63, 3.8) is 0 Å². The van der Waals surface area contributed by atoms with Gasteiger partial charge in [-0.1, -0.05) is 30.3 Å². The lowest BCUT2D eigenvalue weighted by Crippen LogP contribution is -2.09. The first-order chi connectivity index (χ1) is 9.70. The zero-order valence-corrected chi connectivity index (χ0v) is 10.8. The molecule has 1 heterocycles. The van der Waals surface area contributed by atoms with E-state index in [1.807, 2.05) is 34.9 Å². The van der Waals surface area contributed by atoms with Gasteiger partial charge in [-0.05, 0) is 23.6 Å². The summed E-state index contributed by atoms with van der Waals surface area (Å²) in [6, 6.07) is 14.0. The molecule has 2 nitrogen and oxygen atoms in total. The van der Waals surface area contributed by atoms with Gasteiger partial charge in [0, 0.05) is 23.3 Å². The fourth-order valence-electron chi connectivity index (χ4n) is 2.46. The Balaban J connectivity index is 2.12. The van der Waals surface area contributed by atoms with E-state index in [0.717, 1.165) is 22.7 Å². The third-order valence-electron chi connectivity index (χ3n) is 3.47. The van der Waals surface area contributed by atoms with Crippen LogP contribution in [0.4, 0.5) is 8.78 Å². The molecule has 3 rings (SSSR count). The van der Waals surface area contributed by atoms with Gasteiger partial charge < -0.3 is 10.3 Å². The molecule has 0 unspecified atom stereocenters. The molecule has 0 fully saturated rings. The summed E-state index contributed by atoms with van der Waals surface area (Å²) in [4.78, 5) is 0. The van der Waals surface area contributed by atoms with Crippen LogP contribution in [0.15, 0.2) is 48.5 Å². The molecule has 0 bridgehead atoms. The van der Waals surface area contributed by atoms with E-state index in [-0.39, 0.29) is 6.54 Å². The maximum atomic E-state index is 13.8. The van der Waals surface area contributed by atoms with Crippen molar-refractivity contribution >= 4 is 10.9 Å². The Labute approximate surface area is 115 Å². The van der Waals surface area contributed by atoms with E-state index in [2.05, 4.69) is 0 Å². The van der Waals surface area contributed by atoms with Crippen molar-refractivity contribution in [2.45, 2.75) is 13.1 Å². The molecule has 20 heavy (non-hydrogen) atoms. The molecular formula is C16H14F2N2. The van der Waals surface area contributed by atoms with Crippen LogP contribution in [-0.2, 0) is 13.1 Å². The van der Waals surface area contributed by atoms with E-state index >= 15 is 0 Å². The Hall–Kier alpha value is -2.20. The summed E-state index contributed by atoms with van der Waals surface area (Å²) in [5, 5.41) is 1.05. The number of rotatable bonds is 3. The lowest BCUT2D eigenvalue weighted by molar-refractivity contribution is 0.495. The maximum Gasteiger partial charge on any atom is 0.163 e. The third-order valence-corrected chi connectivity index (χ3v) is 3.47. The molecule has 0 amide bonds. The van der Waals surface area contributed by atoms with Crippen LogP contribution in [0.25, 0.3) is 10.9 Å². The number of hydrogen-bond acceptors (Lipinski definition) is 1. The SMILES string of the molecule is NCc1cc2ccccc2n1Cc1cccc(F)c1F. The van der Waals surface area contributed by atoms with Gasteiger partial charge in [0.15, 0.2) is 11.6 Å². The minimum atomic E-state index is -0.826. The first-order valence-corrected chi connectivity index (χ1v) is 6.41. The van der Waals surface area contributed by atoms with E-state index in [0.29, 0.717) is 12.1 Å². The number of fused-ring (bicyclic) bond motifs is 1. The van der Waals surface area contributed by atoms with Crippen LogP contribution in [0.3, 0.4) is 0 Å². The molecule has 0 spiro atoms. The van der Waals surface area contributed by atoms with E-state index < -0.39 is 11.6 Å². The summed E-state index contributed by atoms with van der Waals surface area (Å²) in [5.41, 5.74) is 7.93. The quantitative estimate of drug-likeness (QED) is 0.778. The predicted molar refractivity (Wildman–Crippen MR) is 75.3 cm³/mol. The van der Waals surface area contributed by atoms with Crippen molar-refractivity contribution in [3.8, 4) is 0 Å². The Morgan fingerprint density at radius 2 is 1.80 bits per heavy atom. The van der Waals surface area contributed by atoms with Crippen LogP contribution >= 0.6 is 0 Å². The summed E-state index contributed by atoms with van der Waals surface area (Å²) in [6.07, 6.45) is 0. The topological polar surface area (TPSA) is 30.9 Å². The molecule has 0 aliphatic heterocycles. The predicted octanol–water partition coefficient (Wildman–Crippen LogP) is 3.43. The number of halogens is 2. The lowest BCUT2D eigenvalue weighted by Gasteiger charge is -2.11. The van der Waals surface area contributed by atoms with Gasteiger partial charge in [0.05, 0.1) is 6.54 Å². The normalized spacial score (nSPS) is 11.2. The highest BCUT2D eigenvalue weighted by molar-refractivity contribution is 5.81. The number of hydrogen-bond donors (Lipinski definition) is 1. The lowest BCUT2D eigenvalue weighted by atomic mass is 10.2. The van der Waals surface area contributed by atoms with Gasteiger partial charge in [-0.25, -0.2) is 8.78 Å². The number of aromatic nitrogens is 1. The zero-order chi connectivity index (χ0) is 14.1.